The summed E-state index contributed by atoms with van der Waals surface area (Å²) in [6, 6.07) is -1.14. The van der Waals surface area contributed by atoms with Crippen LogP contribution >= 0.6 is 7.80 Å². The van der Waals surface area contributed by atoms with Crippen molar-refractivity contribution in [1.82, 2.24) is 4.90 Å². The van der Waals surface area contributed by atoms with Gasteiger partial charge in [0.15, 0.2) is 11.4 Å². The molecule has 1 saturated carbocycles. The van der Waals surface area contributed by atoms with Gasteiger partial charge < -0.3 is 38.8 Å². The van der Waals surface area contributed by atoms with Gasteiger partial charge in [0.1, 0.15) is 42.9 Å². The molecule has 0 spiro atoms. The fourth-order valence-corrected chi connectivity index (χ4v) is 11.8. The molecule has 67 heavy (non-hydrogen) atoms. The SMILES string of the molecule is CO[C@H]1C[C@@H]2CC[C@@H](C)[C@@](O)(O2)C(=O)C(=O)N2CCCC[C@H]2C(=O)OC([C@H](C)CC2CCC([P+](C)=O)[C@H](OC)C2)CC(=O)[C@H](C)/C=C(\C)[C@@H](O)[C@@H](OC)C(=O)[C@H](C)C[C@H](C)/C=C/C=C/C=C/1C. The number of esters is 1. The number of aliphatic hydroxyl groups is 2. The molecule has 4 rings (SSSR count). The Bertz CT molecular complexity index is 1860. The van der Waals surface area contributed by atoms with Gasteiger partial charge in [0, 0.05) is 58.5 Å². The minimum absolute atomic E-state index is 0.0171. The quantitative estimate of drug-likeness (QED) is 0.110. The van der Waals surface area contributed by atoms with Crippen molar-refractivity contribution in [3.63, 3.8) is 0 Å². The van der Waals surface area contributed by atoms with Crippen molar-refractivity contribution in [3.05, 3.63) is 47.6 Å². The van der Waals surface area contributed by atoms with E-state index >= 15 is 0 Å². The van der Waals surface area contributed by atoms with Gasteiger partial charge >= 0.3 is 13.8 Å². The maximum Gasteiger partial charge on any atom is 0.341 e. The number of methoxy groups -OCH3 is 3. The number of ether oxygens (including phenoxy) is 5. The number of cyclic esters (lactones) is 1. The molecule has 3 aliphatic heterocycles. The van der Waals surface area contributed by atoms with Crippen molar-refractivity contribution in [3.8, 4) is 0 Å². The van der Waals surface area contributed by atoms with E-state index in [0.717, 1.165) is 18.4 Å². The molecule has 2 saturated heterocycles. The fourth-order valence-electron chi connectivity index (χ4n) is 10.5. The topological polar surface area (TPSA) is 192 Å². The minimum atomic E-state index is -2.43. The number of carbonyl (C=O) groups excluding carboxylic acids is 5. The van der Waals surface area contributed by atoms with Gasteiger partial charge in [0.2, 0.25) is 5.79 Å². The molecule has 0 aromatic rings. The van der Waals surface area contributed by atoms with Crippen LogP contribution in [0.3, 0.4) is 0 Å². The Morgan fingerprint density at radius 3 is 2.25 bits per heavy atom. The molecule has 3 heterocycles. The molecule has 14 nitrogen and oxygen atoms in total. The first-order valence-electron chi connectivity index (χ1n) is 24.6. The number of nitrogens with zero attached hydrogens (tertiary/aromatic N) is 1. The lowest BCUT2D eigenvalue weighted by molar-refractivity contribution is -0.265. The molecule has 16 atom stereocenters. The van der Waals surface area contributed by atoms with Crippen molar-refractivity contribution in [2.24, 2.45) is 35.5 Å². The molecule has 4 unspecified atom stereocenters. The second-order valence-corrected chi connectivity index (χ2v) is 21.9. The summed E-state index contributed by atoms with van der Waals surface area (Å²) in [6.45, 7) is 14.5. The third kappa shape index (κ3) is 14.9. The molecule has 3 fully saturated rings. The molecule has 2 N–H and O–H groups in total. The van der Waals surface area contributed by atoms with Gasteiger partial charge in [-0.1, -0.05) is 75.6 Å². The van der Waals surface area contributed by atoms with E-state index in [1.54, 1.807) is 47.7 Å². The molecule has 15 heteroatoms. The highest BCUT2D eigenvalue weighted by Crippen LogP contribution is 2.42. The number of aliphatic hydroxyl groups excluding tert-OH is 1. The lowest BCUT2D eigenvalue weighted by Crippen LogP contribution is -2.61. The Hall–Kier alpha value is -3.23. The molecular weight excluding hydrogens is 878 g/mol. The number of rotatable bonds is 7. The summed E-state index contributed by atoms with van der Waals surface area (Å²) in [5, 5.41) is 23.4. The van der Waals surface area contributed by atoms with Crippen LogP contribution in [0.4, 0.5) is 0 Å². The van der Waals surface area contributed by atoms with Crippen LogP contribution in [0.2, 0.25) is 0 Å². The third-order valence-electron chi connectivity index (χ3n) is 14.9. The Balaban J connectivity index is 1.71. The van der Waals surface area contributed by atoms with Crippen molar-refractivity contribution in [2.45, 2.75) is 180 Å². The molecule has 2 bridgehead atoms. The summed E-state index contributed by atoms with van der Waals surface area (Å²) in [7, 11) is 3.13. The van der Waals surface area contributed by atoms with Crippen molar-refractivity contribution < 1.29 is 62.4 Å². The van der Waals surface area contributed by atoms with Crippen LogP contribution in [0.25, 0.3) is 0 Å². The standard InChI is InChI=1S/C52H81NO13P/c1-31-17-13-12-14-18-32(2)42(62-8)29-39-22-20-37(7)52(60,66-39)49(57)50(58)53-24-16-15-19-40(53)51(59)65-43(34(4)27-38-21-23-45(67(11)61)44(28-38)63-9)30-41(54)33(3)26-36(6)47(56)48(64-10)46(55)35(5)25-31/h12-14,17-18,26,31,33-35,37-40,42-45,47-48,56,60H,15-16,19-25,27-30H2,1-11H3/q+1/b14-12+,17-13+,32-18+,36-26+/t31-,33-,34-,35-,37-,38?,39+,40+,42+,43?,44-,45?,47-,48+,52-/m1/s1. The first kappa shape index (κ1) is 56.4. The van der Waals surface area contributed by atoms with E-state index in [-0.39, 0.29) is 60.5 Å². The highest BCUT2D eigenvalue weighted by atomic mass is 31.1. The van der Waals surface area contributed by atoms with E-state index < -0.39 is 85.6 Å². The predicted molar refractivity (Wildman–Crippen MR) is 256 cm³/mol. The number of allylic oxidation sites excluding steroid dienone is 6. The number of fused-ring (bicyclic) bond motifs is 3. The zero-order valence-corrected chi connectivity index (χ0v) is 42.9. The van der Waals surface area contributed by atoms with Crippen LogP contribution in [0.15, 0.2) is 47.6 Å². The number of carbonyl (C=O) groups is 5. The molecule has 376 valence electrons. The van der Waals surface area contributed by atoms with E-state index in [1.807, 2.05) is 58.1 Å². The summed E-state index contributed by atoms with van der Waals surface area (Å²) in [5.74, 6) is -7.95. The summed E-state index contributed by atoms with van der Waals surface area (Å²) in [4.78, 5) is 72.0. The lowest BCUT2D eigenvalue weighted by Gasteiger charge is -2.42. The summed E-state index contributed by atoms with van der Waals surface area (Å²) >= 11 is 0. The average molecular weight is 959 g/mol. The number of amides is 1. The second-order valence-electron chi connectivity index (χ2n) is 20.1. The van der Waals surface area contributed by atoms with Crippen molar-refractivity contribution >= 4 is 37.0 Å². The van der Waals surface area contributed by atoms with Gasteiger partial charge in [-0.3, -0.25) is 19.2 Å². The zero-order chi connectivity index (χ0) is 49.7. The summed E-state index contributed by atoms with van der Waals surface area (Å²) in [6.07, 6.45) is 12.2. The second kappa shape index (κ2) is 26.1. The number of Topliss-reactive ketones (excluding diaryl/α,β-unsaturated/α-hetero) is 3. The molecule has 1 amide bonds. The maximum atomic E-state index is 14.4. The average Bonchev–Trinajstić information content (AvgIpc) is 3.30. The first-order valence-corrected chi connectivity index (χ1v) is 26.3. The number of hydrogen-bond donors (Lipinski definition) is 2. The Morgan fingerprint density at radius 2 is 1.60 bits per heavy atom. The summed E-state index contributed by atoms with van der Waals surface area (Å²) < 4.78 is 42.2. The Morgan fingerprint density at radius 1 is 0.881 bits per heavy atom. The van der Waals surface area contributed by atoms with Gasteiger partial charge in [-0.2, -0.15) is 0 Å². The van der Waals surface area contributed by atoms with Gasteiger partial charge in [-0.25, -0.2) is 4.79 Å². The van der Waals surface area contributed by atoms with Gasteiger partial charge in [-0.15, -0.1) is 0 Å². The molecule has 4 aliphatic rings. The number of piperidine rings is 1. The number of hydrogen-bond acceptors (Lipinski definition) is 13. The van der Waals surface area contributed by atoms with Crippen molar-refractivity contribution in [2.75, 3.05) is 34.5 Å². The highest BCUT2D eigenvalue weighted by Gasteiger charge is 2.53. The highest BCUT2D eigenvalue weighted by molar-refractivity contribution is 7.44. The summed E-state index contributed by atoms with van der Waals surface area (Å²) in [5.41, 5.74) is 1.21. The smallest absolute Gasteiger partial charge is 0.341 e. The van der Waals surface area contributed by atoms with Gasteiger partial charge in [0.25, 0.3) is 11.7 Å². The Labute approximate surface area is 400 Å². The van der Waals surface area contributed by atoms with E-state index in [2.05, 4.69) is 0 Å². The molecule has 1 aliphatic carbocycles. The fraction of sp³-hybridized carbons (Fsp3) is 0.750. The lowest BCUT2D eigenvalue weighted by atomic mass is 9.79. The zero-order valence-electron chi connectivity index (χ0n) is 42.0. The first-order chi connectivity index (χ1) is 31.7. The van der Waals surface area contributed by atoms with Crippen LogP contribution in [0, 0.1) is 35.5 Å². The molecule has 0 radical (unpaired) electrons. The van der Waals surface area contributed by atoms with E-state index in [1.165, 1.54) is 12.0 Å². The normalized spacial score (nSPS) is 39.8. The van der Waals surface area contributed by atoms with Gasteiger partial charge in [-0.05, 0) is 107 Å². The van der Waals surface area contributed by atoms with Crippen molar-refractivity contribution in [1.29, 1.82) is 0 Å². The monoisotopic (exact) mass is 959 g/mol. The van der Waals surface area contributed by atoms with Crippen LogP contribution in [0.5, 0.6) is 0 Å². The van der Waals surface area contributed by atoms with Crippen LogP contribution < -0.4 is 0 Å². The van der Waals surface area contributed by atoms with E-state index in [4.69, 9.17) is 23.7 Å². The van der Waals surface area contributed by atoms with Crippen LogP contribution in [-0.4, -0.2) is 133 Å². The third-order valence-corrected chi connectivity index (χ3v) is 16.5. The van der Waals surface area contributed by atoms with Crippen LogP contribution in [0.1, 0.15) is 126 Å². The van der Waals surface area contributed by atoms with E-state index in [0.29, 0.717) is 56.9 Å². The van der Waals surface area contributed by atoms with Gasteiger partial charge in [0.05, 0.1) is 12.2 Å². The molecule has 0 aromatic carbocycles. The molecule has 0 aromatic heterocycles. The Kier molecular flexibility index (Phi) is 22.0. The molecular formula is C52H81NO13P+. The maximum absolute atomic E-state index is 14.4. The predicted octanol–water partition coefficient (Wildman–Crippen LogP) is 7.65. The largest absolute Gasteiger partial charge is 0.460 e. The minimum Gasteiger partial charge on any atom is -0.460 e. The van der Waals surface area contributed by atoms with E-state index in [9.17, 15) is 38.8 Å². The van der Waals surface area contributed by atoms with Crippen LogP contribution in [-0.2, 0) is 52.2 Å². The number of ketones is 3.